The molecule has 1 atom stereocenters. The maximum absolute atomic E-state index is 13.8. The van der Waals surface area contributed by atoms with E-state index in [0.29, 0.717) is 6.54 Å². The molecule has 0 bridgehead atoms. The second kappa shape index (κ2) is 8.67. The fraction of sp³-hybridized carbons (Fsp3) is 0.333. The molecule has 28 heavy (non-hydrogen) atoms. The Morgan fingerprint density at radius 2 is 2.00 bits per heavy atom. The molecule has 0 saturated heterocycles. The summed E-state index contributed by atoms with van der Waals surface area (Å²) in [5.74, 6) is -0.198. The number of aromatic nitrogens is 1. The third-order valence-corrected chi connectivity index (χ3v) is 5.92. The molecule has 0 N–H and O–H groups in total. The van der Waals surface area contributed by atoms with Gasteiger partial charge in [0.25, 0.3) is 0 Å². The zero-order valence-corrected chi connectivity index (χ0v) is 17.3. The summed E-state index contributed by atoms with van der Waals surface area (Å²) in [7, 11) is 5.07. The second-order valence-electron chi connectivity index (χ2n) is 6.84. The van der Waals surface area contributed by atoms with Crippen LogP contribution in [0.15, 0.2) is 42.5 Å². The van der Waals surface area contributed by atoms with Crippen LogP contribution in [-0.4, -0.2) is 48.4 Å². The topological polar surface area (TPSA) is 45.7 Å². The largest absolute Gasteiger partial charge is 0.494 e. The Balaban J connectivity index is 1.61. The molecule has 2 aromatic carbocycles. The summed E-state index contributed by atoms with van der Waals surface area (Å²) >= 11 is 1.61. The first-order valence-corrected chi connectivity index (χ1v) is 9.82. The van der Waals surface area contributed by atoms with Crippen molar-refractivity contribution >= 4 is 27.5 Å². The number of amides is 1. The number of likely N-dealkylation sites (N-methyl/N-ethyl adjacent to an activating group) is 2. The van der Waals surface area contributed by atoms with E-state index in [4.69, 9.17) is 4.74 Å². The molecule has 0 aliphatic heterocycles. The average molecular weight is 402 g/mol. The molecule has 0 spiro atoms. The van der Waals surface area contributed by atoms with Crippen LogP contribution in [0.5, 0.6) is 5.75 Å². The van der Waals surface area contributed by atoms with Gasteiger partial charge in [-0.25, -0.2) is 9.37 Å². The van der Waals surface area contributed by atoms with Gasteiger partial charge in [-0.05, 0) is 43.8 Å². The number of para-hydroxylation sites is 1. The Hall–Kier alpha value is -2.51. The molecule has 0 fully saturated rings. The number of carbonyl (C=O) groups is 1. The van der Waals surface area contributed by atoms with Crippen LogP contribution in [0.25, 0.3) is 10.2 Å². The SMILES string of the molecule is COc1ccc(CN(C)CC(=O)N(C)[C@@H](C)c2nc3ccccc3s2)cc1F. The van der Waals surface area contributed by atoms with E-state index in [1.165, 1.54) is 13.2 Å². The number of nitrogens with zero attached hydrogens (tertiary/aromatic N) is 3. The number of thiazole rings is 1. The summed E-state index contributed by atoms with van der Waals surface area (Å²) in [5.41, 5.74) is 1.74. The van der Waals surface area contributed by atoms with Crippen molar-refractivity contribution in [1.82, 2.24) is 14.8 Å². The van der Waals surface area contributed by atoms with Crippen molar-refractivity contribution in [2.75, 3.05) is 27.7 Å². The highest BCUT2D eigenvalue weighted by Crippen LogP contribution is 2.29. The fourth-order valence-electron chi connectivity index (χ4n) is 2.97. The number of fused-ring (bicyclic) bond motifs is 1. The molecule has 3 aromatic rings. The van der Waals surface area contributed by atoms with Gasteiger partial charge in [0, 0.05) is 13.6 Å². The number of halogens is 1. The van der Waals surface area contributed by atoms with E-state index >= 15 is 0 Å². The van der Waals surface area contributed by atoms with E-state index in [1.54, 1.807) is 35.4 Å². The molecule has 5 nitrogen and oxygen atoms in total. The minimum atomic E-state index is -0.402. The van der Waals surface area contributed by atoms with Crippen LogP contribution in [0, 0.1) is 5.82 Å². The quantitative estimate of drug-likeness (QED) is 0.598. The van der Waals surface area contributed by atoms with Crippen molar-refractivity contribution in [3.8, 4) is 5.75 Å². The van der Waals surface area contributed by atoms with Gasteiger partial charge >= 0.3 is 0 Å². The third-order valence-electron chi connectivity index (χ3n) is 4.72. The molecule has 0 unspecified atom stereocenters. The first-order chi connectivity index (χ1) is 13.4. The standard InChI is InChI=1S/C21H24FN3O2S/c1-14(21-23-17-7-5-6-8-19(17)28-21)25(3)20(26)13-24(2)12-15-9-10-18(27-4)16(22)11-15/h5-11,14H,12-13H2,1-4H3/t14-/m0/s1. The van der Waals surface area contributed by atoms with Crippen molar-refractivity contribution in [2.24, 2.45) is 0 Å². The fourth-order valence-corrected chi connectivity index (χ4v) is 4.03. The maximum Gasteiger partial charge on any atom is 0.237 e. The summed E-state index contributed by atoms with van der Waals surface area (Å²) in [6, 6.07) is 12.7. The summed E-state index contributed by atoms with van der Waals surface area (Å²) in [6.45, 7) is 2.68. The van der Waals surface area contributed by atoms with Crippen molar-refractivity contribution < 1.29 is 13.9 Å². The highest BCUT2D eigenvalue weighted by molar-refractivity contribution is 7.18. The summed E-state index contributed by atoms with van der Waals surface area (Å²) in [5, 5.41) is 0.914. The molecule has 0 aliphatic rings. The third kappa shape index (κ3) is 4.48. The molecule has 3 rings (SSSR count). The maximum atomic E-state index is 13.8. The average Bonchev–Trinajstić information content (AvgIpc) is 3.11. The number of benzene rings is 2. The van der Waals surface area contributed by atoms with Gasteiger partial charge in [-0.2, -0.15) is 0 Å². The predicted octanol–water partition coefficient (Wildman–Crippen LogP) is 4.10. The Morgan fingerprint density at radius 1 is 1.25 bits per heavy atom. The van der Waals surface area contributed by atoms with Crippen LogP contribution < -0.4 is 4.74 Å². The Labute approximate surface area is 168 Å². The molecular weight excluding hydrogens is 377 g/mol. The summed E-state index contributed by atoms with van der Waals surface area (Å²) in [6.07, 6.45) is 0. The lowest BCUT2D eigenvalue weighted by molar-refractivity contribution is -0.132. The molecule has 0 saturated carbocycles. The van der Waals surface area contributed by atoms with Crippen LogP contribution in [0.2, 0.25) is 0 Å². The molecule has 1 aromatic heterocycles. The second-order valence-corrected chi connectivity index (χ2v) is 7.90. The van der Waals surface area contributed by atoms with Gasteiger partial charge in [-0.1, -0.05) is 18.2 Å². The van der Waals surface area contributed by atoms with Crippen LogP contribution >= 0.6 is 11.3 Å². The zero-order valence-electron chi connectivity index (χ0n) is 16.5. The van der Waals surface area contributed by atoms with E-state index in [-0.39, 0.29) is 24.2 Å². The number of methoxy groups -OCH3 is 1. The lowest BCUT2D eigenvalue weighted by Crippen LogP contribution is -2.37. The lowest BCUT2D eigenvalue weighted by atomic mass is 10.2. The Bertz CT molecular complexity index is 942. The molecule has 0 aliphatic carbocycles. The normalized spacial score (nSPS) is 12.4. The number of rotatable bonds is 7. The van der Waals surface area contributed by atoms with E-state index in [1.807, 2.05) is 43.1 Å². The van der Waals surface area contributed by atoms with Crippen molar-refractivity contribution in [1.29, 1.82) is 0 Å². The van der Waals surface area contributed by atoms with Gasteiger partial charge in [-0.15, -0.1) is 11.3 Å². The number of ether oxygens (including phenoxy) is 1. The Kier molecular flexibility index (Phi) is 6.26. The number of hydrogen-bond acceptors (Lipinski definition) is 5. The van der Waals surface area contributed by atoms with Crippen molar-refractivity contribution in [3.05, 3.63) is 58.9 Å². The summed E-state index contributed by atoms with van der Waals surface area (Å²) < 4.78 is 19.9. The van der Waals surface area contributed by atoms with Crippen LogP contribution in [0.1, 0.15) is 23.5 Å². The van der Waals surface area contributed by atoms with Gasteiger partial charge < -0.3 is 9.64 Å². The van der Waals surface area contributed by atoms with E-state index in [0.717, 1.165) is 20.8 Å². The van der Waals surface area contributed by atoms with Crippen LogP contribution in [-0.2, 0) is 11.3 Å². The lowest BCUT2D eigenvalue weighted by Gasteiger charge is -2.26. The monoisotopic (exact) mass is 401 g/mol. The molecule has 7 heteroatoms. The van der Waals surface area contributed by atoms with Crippen LogP contribution in [0.3, 0.4) is 0 Å². The van der Waals surface area contributed by atoms with Gasteiger partial charge in [0.05, 0.1) is 29.9 Å². The van der Waals surface area contributed by atoms with Gasteiger partial charge in [-0.3, -0.25) is 9.69 Å². The predicted molar refractivity (Wildman–Crippen MR) is 110 cm³/mol. The van der Waals surface area contributed by atoms with E-state index in [2.05, 4.69) is 4.98 Å². The highest BCUT2D eigenvalue weighted by Gasteiger charge is 2.21. The smallest absolute Gasteiger partial charge is 0.237 e. The molecule has 1 heterocycles. The van der Waals surface area contributed by atoms with Crippen molar-refractivity contribution in [3.63, 3.8) is 0 Å². The van der Waals surface area contributed by atoms with Crippen LogP contribution in [0.4, 0.5) is 4.39 Å². The van der Waals surface area contributed by atoms with Gasteiger partial charge in [0.1, 0.15) is 5.01 Å². The molecule has 1 amide bonds. The van der Waals surface area contributed by atoms with Gasteiger partial charge in [0.2, 0.25) is 5.91 Å². The number of carbonyl (C=O) groups excluding carboxylic acids is 1. The minimum Gasteiger partial charge on any atom is -0.494 e. The number of hydrogen-bond donors (Lipinski definition) is 0. The molecule has 0 radical (unpaired) electrons. The summed E-state index contributed by atoms with van der Waals surface area (Å²) in [4.78, 5) is 20.9. The van der Waals surface area contributed by atoms with E-state index < -0.39 is 5.82 Å². The zero-order chi connectivity index (χ0) is 20.3. The minimum absolute atomic E-state index is 0.0109. The first-order valence-electron chi connectivity index (χ1n) is 9.01. The Morgan fingerprint density at radius 3 is 2.68 bits per heavy atom. The highest BCUT2D eigenvalue weighted by atomic mass is 32.1. The molecule has 148 valence electrons. The molecular formula is C21H24FN3O2S. The van der Waals surface area contributed by atoms with E-state index in [9.17, 15) is 9.18 Å². The van der Waals surface area contributed by atoms with Gasteiger partial charge in [0.15, 0.2) is 11.6 Å². The van der Waals surface area contributed by atoms with Crippen molar-refractivity contribution in [2.45, 2.75) is 19.5 Å². The first kappa shape index (κ1) is 20.2.